The number of furan rings is 1. The molecule has 2 N–H and O–H groups in total. The number of aromatic amines is 1. The third-order valence-corrected chi connectivity index (χ3v) is 5.70. The number of fused-ring (bicyclic) bond motifs is 1. The predicted octanol–water partition coefficient (Wildman–Crippen LogP) is 4.75. The van der Waals surface area contributed by atoms with Gasteiger partial charge in [0.15, 0.2) is 0 Å². The molecule has 1 unspecified atom stereocenters. The second-order valence-electron chi connectivity index (χ2n) is 6.12. The molecule has 142 valence electrons. The van der Waals surface area contributed by atoms with Gasteiger partial charge in [0.25, 0.3) is 0 Å². The topological polar surface area (TPSA) is 83.8 Å². The second kappa shape index (κ2) is 8.45. The first kappa shape index (κ1) is 18.5. The van der Waals surface area contributed by atoms with Gasteiger partial charge >= 0.3 is 0 Å². The van der Waals surface area contributed by atoms with Crippen LogP contribution in [0.1, 0.15) is 29.4 Å². The van der Waals surface area contributed by atoms with Crippen LogP contribution in [-0.2, 0) is 4.79 Å². The van der Waals surface area contributed by atoms with Gasteiger partial charge in [0.05, 0.1) is 11.8 Å². The summed E-state index contributed by atoms with van der Waals surface area (Å²) < 4.78 is 5.80. The number of para-hydroxylation sites is 1. The molecule has 0 spiro atoms. The van der Waals surface area contributed by atoms with Crippen LogP contribution in [0.5, 0.6) is 0 Å². The minimum Gasteiger partial charge on any atom is -0.459 e. The third kappa shape index (κ3) is 4.52. The number of thiophene rings is 1. The first-order chi connectivity index (χ1) is 13.7. The molecule has 0 fully saturated rings. The van der Waals surface area contributed by atoms with E-state index in [4.69, 9.17) is 4.42 Å². The fourth-order valence-corrected chi connectivity index (χ4v) is 3.88. The molecule has 3 heterocycles. The van der Waals surface area contributed by atoms with E-state index < -0.39 is 0 Å². The number of aromatic nitrogens is 3. The van der Waals surface area contributed by atoms with E-state index >= 15 is 0 Å². The smallest absolute Gasteiger partial charge is 0.231 e. The van der Waals surface area contributed by atoms with E-state index in [0.717, 1.165) is 21.6 Å². The van der Waals surface area contributed by atoms with Crippen LogP contribution in [0.25, 0.3) is 23.1 Å². The van der Waals surface area contributed by atoms with Gasteiger partial charge in [-0.25, -0.2) is 4.98 Å². The van der Waals surface area contributed by atoms with Gasteiger partial charge in [-0.3, -0.25) is 9.89 Å². The number of H-pyrrole nitrogens is 1. The Bertz CT molecular complexity index is 1070. The summed E-state index contributed by atoms with van der Waals surface area (Å²) in [4.78, 5) is 17.8. The third-order valence-electron chi connectivity index (χ3n) is 4.01. The van der Waals surface area contributed by atoms with Crippen molar-refractivity contribution in [3.63, 3.8) is 0 Å². The Morgan fingerprint density at radius 1 is 1.32 bits per heavy atom. The van der Waals surface area contributed by atoms with Gasteiger partial charge in [-0.15, -0.1) is 16.4 Å². The van der Waals surface area contributed by atoms with Gasteiger partial charge in [-0.1, -0.05) is 36.0 Å². The van der Waals surface area contributed by atoms with Gasteiger partial charge in [0.2, 0.25) is 11.1 Å². The van der Waals surface area contributed by atoms with Crippen LogP contribution in [-0.4, -0.2) is 26.8 Å². The number of carbonyl (C=O) groups excluding carboxylic acids is 1. The zero-order chi connectivity index (χ0) is 19.3. The monoisotopic (exact) mass is 410 g/mol. The Morgan fingerprint density at radius 2 is 2.21 bits per heavy atom. The summed E-state index contributed by atoms with van der Waals surface area (Å²) in [6.45, 7) is 1.90. The van der Waals surface area contributed by atoms with Crippen molar-refractivity contribution in [2.75, 3.05) is 5.75 Å². The van der Waals surface area contributed by atoms with Crippen LogP contribution in [0, 0.1) is 0 Å². The lowest BCUT2D eigenvalue weighted by atomic mass is 10.2. The molecule has 0 saturated carbocycles. The van der Waals surface area contributed by atoms with Crippen LogP contribution < -0.4 is 5.32 Å². The molecule has 4 rings (SSSR count). The maximum Gasteiger partial charge on any atom is 0.231 e. The number of rotatable bonds is 7. The standard InChI is InChI=1S/C20H18N4O2S2/c1-13(17-11-14-5-2-3-7-16(14)26-17)21-19(25)12-28-20-22-18(23-24-20)9-8-15-6-4-10-27-15/h2-11,13H,12H2,1H3,(H,21,25)(H,22,23,24)/b9-8+. The van der Waals surface area contributed by atoms with Crippen molar-refractivity contribution in [2.45, 2.75) is 18.1 Å². The van der Waals surface area contributed by atoms with Crippen molar-refractivity contribution in [1.82, 2.24) is 20.5 Å². The Morgan fingerprint density at radius 3 is 3.04 bits per heavy atom. The molecule has 0 aliphatic carbocycles. The molecule has 28 heavy (non-hydrogen) atoms. The van der Waals surface area contributed by atoms with Gasteiger partial charge in [0.1, 0.15) is 17.2 Å². The summed E-state index contributed by atoms with van der Waals surface area (Å²) in [7, 11) is 0. The average molecular weight is 411 g/mol. The summed E-state index contributed by atoms with van der Waals surface area (Å²) in [6, 6.07) is 13.6. The predicted molar refractivity (Wildman–Crippen MR) is 113 cm³/mol. The lowest BCUT2D eigenvalue weighted by Crippen LogP contribution is -2.27. The van der Waals surface area contributed by atoms with Crippen LogP contribution in [0.15, 0.2) is 57.4 Å². The number of carbonyl (C=O) groups is 1. The number of amides is 1. The Labute approximate surface area is 170 Å². The largest absolute Gasteiger partial charge is 0.459 e. The number of thioether (sulfide) groups is 1. The Hall–Kier alpha value is -2.84. The fourth-order valence-electron chi connectivity index (χ4n) is 2.64. The molecule has 0 bridgehead atoms. The first-order valence-electron chi connectivity index (χ1n) is 8.72. The Kier molecular flexibility index (Phi) is 5.59. The van der Waals surface area contributed by atoms with Crippen molar-refractivity contribution in [3.05, 3.63) is 64.3 Å². The van der Waals surface area contributed by atoms with Gasteiger partial charge < -0.3 is 9.73 Å². The highest BCUT2D eigenvalue weighted by Crippen LogP contribution is 2.23. The molecule has 3 aromatic heterocycles. The van der Waals surface area contributed by atoms with Crippen molar-refractivity contribution < 1.29 is 9.21 Å². The molecule has 1 amide bonds. The average Bonchev–Trinajstić information content (AvgIpc) is 3.45. The molecule has 0 radical (unpaired) electrons. The normalized spacial score (nSPS) is 12.6. The lowest BCUT2D eigenvalue weighted by molar-refractivity contribution is -0.119. The maximum absolute atomic E-state index is 12.3. The molecule has 0 saturated heterocycles. The zero-order valence-electron chi connectivity index (χ0n) is 15.1. The van der Waals surface area contributed by atoms with E-state index in [1.165, 1.54) is 11.8 Å². The number of nitrogens with one attached hydrogen (secondary N) is 2. The van der Waals surface area contributed by atoms with E-state index in [-0.39, 0.29) is 17.7 Å². The second-order valence-corrected chi connectivity index (χ2v) is 8.04. The van der Waals surface area contributed by atoms with E-state index in [1.54, 1.807) is 11.3 Å². The number of nitrogens with zero attached hydrogens (tertiary/aromatic N) is 2. The fraction of sp³-hybridized carbons (Fsp3) is 0.150. The minimum atomic E-state index is -0.211. The SMILES string of the molecule is CC(NC(=O)CSc1n[nH]c(/C=C/c2cccs2)n1)c1cc2ccccc2o1. The van der Waals surface area contributed by atoms with Crippen LogP contribution in [0.2, 0.25) is 0 Å². The van der Waals surface area contributed by atoms with E-state index in [2.05, 4.69) is 20.5 Å². The Balaban J connectivity index is 1.29. The first-order valence-corrected chi connectivity index (χ1v) is 10.6. The zero-order valence-corrected chi connectivity index (χ0v) is 16.7. The molecule has 1 atom stereocenters. The lowest BCUT2D eigenvalue weighted by Gasteiger charge is -2.10. The van der Waals surface area contributed by atoms with Crippen molar-refractivity contribution in [2.24, 2.45) is 0 Å². The maximum atomic E-state index is 12.3. The molecular formula is C20H18N4O2S2. The summed E-state index contributed by atoms with van der Waals surface area (Å²) in [5, 5.41) is 13.5. The molecular weight excluding hydrogens is 392 g/mol. The highest BCUT2D eigenvalue weighted by molar-refractivity contribution is 7.99. The molecule has 6 nitrogen and oxygen atoms in total. The van der Waals surface area contributed by atoms with Crippen LogP contribution in [0.4, 0.5) is 0 Å². The molecule has 8 heteroatoms. The van der Waals surface area contributed by atoms with Gasteiger partial charge in [-0.2, -0.15) is 0 Å². The highest BCUT2D eigenvalue weighted by atomic mass is 32.2. The van der Waals surface area contributed by atoms with Gasteiger partial charge in [0, 0.05) is 10.3 Å². The number of hydrogen-bond acceptors (Lipinski definition) is 6. The van der Waals surface area contributed by atoms with Crippen molar-refractivity contribution in [3.8, 4) is 0 Å². The summed E-state index contributed by atoms with van der Waals surface area (Å²) in [5.74, 6) is 1.53. The summed E-state index contributed by atoms with van der Waals surface area (Å²) >= 11 is 2.94. The molecule has 0 aliphatic heterocycles. The van der Waals surface area contributed by atoms with E-state index in [1.807, 2.05) is 66.9 Å². The van der Waals surface area contributed by atoms with Crippen molar-refractivity contribution >= 4 is 52.1 Å². The van der Waals surface area contributed by atoms with Crippen LogP contribution >= 0.6 is 23.1 Å². The number of benzene rings is 1. The summed E-state index contributed by atoms with van der Waals surface area (Å²) in [6.07, 6.45) is 3.84. The van der Waals surface area contributed by atoms with Crippen molar-refractivity contribution in [1.29, 1.82) is 0 Å². The number of hydrogen-bond donors (Lipinski definition) is 2. The quantitative estimate of drug-likeness (QED) is 0.430. The van der Waals surface area contributed by atoms with E-state index in [9.17, 15) is 4.79 Å². The minimum absolute atomic E-state index is 0.0987. The molecule has 0 aliphatic rings. The highest BCUT2D eigenvalue weighted by Gasteiger charge is 2.15. The van der Waals surface area contributed by atoms with Gasteiger partial charge in [-0.05, 0) is 42.7 Å². The molecule has 4 aromatic rings. The summed E-state index contributed by atoms with van der Waals surface area (Å²) in [5.41, 5.74) is 0.817. The van der Waals surface area contributed by atoms with Crippen LogP contribution in [0.3, 0.4) is 0 Å². The van der Waals surface area contributed by atoms with E-state index in [0.29, 0.717) is 11.0 Å². The molecule has 1 aromatic carbocycles.